The molecule has 0 aromatic carbocycles. The van der Waals surface area contributed by atoms with Gasteiger partial charge in [0, 0.05) is 55.5 Å². The summed E-state index contributed by atoms with van der Waals surface area (Å²) in [5.41, 5.74) is 10.1. The highest BCUT2D eigenvalue weighted by Crippen LogP contribution is 2.32. The number of ketones is 1. The van der Waals surface area contributed by atoms with Crippen molar-refractivity contribution in [2.24, 2.45) is 17.1 Å². The average molecular weight is 1180 g/mol. The number of thiazole rings is 3. The summed E-state index contributed by atoms with van der Waals surface area (Å²) in [7, 11) is 0. The van der Waals surface area contributed by atoms with Crippen molar-refractivity contribution in [3.8, 4) is 0 Å². The monoisotopic (exact) mass is 1170 g/mol. The number of ether oxygens (including phenoxy) is 2. The number of hydrogen-bond acceptors (Lipinski definition) is 24. The maximum atomic E-state index is 13.3. The quantitative estimate of drug-likeness (QED) is 0.0673. The molecule has 81 heavy (non-hydrogen) atoms. The lowest BCUT2D eigenvalue weighted by Gasteiger charge is -2.39. The summed E-state index contributed by atoms with van der Waals surface area (Å²) >= 11 is 9.86. The molecule has 1 fully saturated rings. The van der Waals surface area contributed by atoms with E-state index in [1.165, 1.54) is 34.0 Å². The fraction of sp³-hybridized carbons (Fsp3) is 0.382. The minimum absolute atomic E-state index is 0.000790. The van der Waals surface area contributed by atoms with Crippen molar-refractivity contribution in [2.45, 2.75) is 101 Å². The summed E-state index contributed by atoms with van der Waals surface area (Å²) in [5, 5.41) is 8.87. The summed E-state index contributed by atoms with van der Waals surface area (Å²) < 4.78 is 11.9. The number of carbonyl (C=O) groups excluding carboxylic acids is 4. The molecule has 0 unspecified atom stereocenters. The molecule has 9 aromatic rings. The van der Waals surface area contributed by atoms with Gasteiger partial charge >= 0.3 is 11.9 Å². The summed E-state index contributed by atoms with van der Waals surface area (Å²) in [6, 6.07) is 16.9. The van der Waals surface area contributed by atoms with Crippen molar-refractivity contribution in [1.82, 2.24) is 64.7 Å². The number of aryl methyl sites for hydroxylation is 3. The van der Waals surface area contributed by atoms with E-state index in [4.69, 9.17) is 26.8 Å². The molecule has 0 spiro atoms. The van der Waals surface area contributed by atoms with Crippen LogP contribution in [0.2, 0.25) is 5.28 Å². The number of anilines is 2. The molecule has 1 saturated heterocycles. The van der Waals surface area contributed by atoms with Gasteiger partial charge in [0.1, 0.15) is 19.9 Å². The Bertz CT molecular complexity index is 3610. The van der Waals surface area contributed by atoms with Gasteiger partial charge in [-0.1, -0.05) is 39.0 Å². The Morgan fingerprint density at radius 3 is 1.42 bits per heavy atom. The second kappa shape index (κ2) is 27.6. The SMILES string of the molecule is CCOC(=O)c1nc(Cl)nc2nc(C)sc12.CCOC(=O)c1nc(N[C@@H](C)c2ccccn2)nc2nc(C)sc12.C[C@H](N)c1ccccn1.Cc1nc2nc(N[C@@H](C)c3ccccn3)nc(C(=O)N3CC(CC(=O)C(C)(C)C)C3)c2s1. The van der Waals surface area contributed by atoms with Crippen molar-refractivity contribution in [1.29, 1.82) is 0 Å². The molecule has 10 rings (SSSR count). The van der Waals surface area contributed by atoms with Crippen LogP contribution in [0.1, 0.15) is 144 Å². The third kappa shape index (κ3) is 16.2. The van der Waals surface area contributed by atoms with Crippen LogP contribution in [-0.2, 0) is 14.3 Å². The van der Waals surface area contributed by atoms with E-state index >= 15 is 0 Å². The Labute approximate surface area is 485 Å². The first-order valence-corrected chi connectivity index (χ1v) is 28.7. The Kier molecular flexibility index (Phi) is 20.8. The minimum Gasteiger partial charge on any atom is -0.461 e. The number of nitrogens with two attached hydrogens (primary N) is 1. The van der Waals surface area contributed by atoms with Crippen molar-refractivity contribution >= 4 is 112 Å². The molecule has 424 valence electrons. The van der Waals surface area contributed by atoms with Crippen LogP contribution in [0.25, 0.3) is 31.0 Å². The number of nitrogens with one attached hydrogen (secondary N) is 2. The van der Waals surface area contributed by atoms with Crippen LogP contribution in [0, 0.1) is 32.1 Å². The van der Waals surface area contributed by atoms with Gasteiger partial charge in [0.05, 0.1) is 57.4 Å². The third-order valence-electron chi connectivity index (χ3n) is 11.9. The van der Waals surface area contributed by atoms with Crippen molar-refractivity contribution in [2.75, 3.05) is 36.9 Å². The van der Waals surface area contributed by atoms with Gasteiger partial charge in [-0.3, -0.25) is 24.5 Å². The fourth-order valence-corrected chi connectivity index (χ4v) is 10.4. The van der Waals surface area contributed by atoms with Crippen LogP contribution in [0.4, 0.5) is 11.9 Å². The number of aromatic nitrogens is 12. The van der Waals surface area contributed by atoms with E-state index in [9.17, 15) is 19.2 Å². The predicted molar refractivity (Wildman–Crippen MR) is 315 cm³/mol. The largest absolute Gasteiger partial charge is 0.461 e. The third-order valence-corrected chi connectivity index (χ3v) is 14.9. The number of amides is 1. The highest BCUT2D eigenvalue weighted by molar-refractivity contribution is 7.19. The lowest BCUT2D eigenvalue weighted by molar-refractivity contribution is -0.128. The number of carbonyl (C=O) groups is 4. The highest BCUT2D eigenvalue weighted by atomic mass is 35.5. The molecule has 1 aliphatic heterocycles. The summed E-state index contributed by atoms with van der Waals surface area (Å²) in [6.45, 7) is 22.4. The second-order valence-corrected chi connectivity index (χ2v) is 23.4. The topological polar surface area (TPSA) is 295 Å². The molecule has 0 bridgehead atoms. The molecule has 4 N–H and O–H groups in total. The molecule has 22 nitrogen and oxygen atoms in total. The molecular formula is C55H63ClN16O6S3. The molecule has 0 saturated carbocycles. The van der Waals surface area contributed by atoms with E-state index in [0.29, 0.717) is 74.7 Å². The number of fused-ring (bicyclic) bond motifs is 3. The number of pyridine rings is 3. The smallest absolute Gasteiger partial charge is 0.358 e. The summed E-state index contributed by atoms with van der Waals surface area (Å²) in [5.74, 6) is -0.00467. The maximum Gasteiger partial charge on any atom is 0.358 e. The molecule has 1 amide bonds. The Morgan fingerprint density at radius 1 is 0.617 bits per heavy atom. The van der Waals surface area contributed by atoms with E-state index in [2.05, 4.69) is 70.4 Å². The average Bonchev–Trinajstić information content (AvgIpc) is 4.16. The first kappa shape index (κ1) is 60.9. The predicted octanol–water partition coefficient (Wildman–Crippen LogP) is 10.5. The highest BCUT2D eigenvalue weighted by Gasteiger charge is 2.37. The standard InChI is InChI=1S/C23H28N6O2S.C16H17N5O2S.C9H8ClN3O2S.C7H10N2/c1-13(16-8-6-7-9-24-16)25-22-27-18(19-20(28-22)26-14(2)32-19)21(31)29-11-15(12-29)10-17(30)23(3,4)5;1-4-23-15(22)12-13-14(19-10(3)24-13)21-16(20-12)18-9(2)11-7-5-6-8-17-11;1-3-15-8(14)5-6-7(11-4(2)16-6)13-9(10)12-5;1-6(8)7-4-2-3-5-9-7/h6-9,13,15H,10-12H2,1-5H3,(H,25,27,28);5-9H,4H2,1-3H3,(H,18,20,21);3H2,1-2H3;2-6H,8H2,1H3/t13-;9-;;6-/m00.0/s1. The molecule has 26 heteroatoms. The Balaban J connectivity index is 0.000000169. The molecular weight excluding hydrogens is 1110 g/mol. The number of likely N-dealkylation sites (tertiary alicyclic amines) is 1. The van der Waals surface area contributed by atoms with E-state index in [-0.39, 0.29) is 64.4 Å². The van der Waals surface area contributed by atoms with Gasteiger partial charge in [0.15, 0.2) is 34.0 Å². The Morgan fingerprint density at radius 2 is 1.02 bits per heavy atom. The molecule has 9 aromatic heterocycles. The normalized spacial score (nSPS) is 13.3. The number of nitrogens with zero attached hydrogens (tertiary/aromatic N) is 13. The molecule has 10 heterocycles. The van der Waals surface area contributed by atoms with Crippen molar-refractivity contribution in [3.63, 3.8) is 0 Å². The van der Waals surface area contributed by atoms with Gasteiger partial charge in [-0.05, 0) is 103 Å². The van der Waals surface area contributed by atoms with Gasteiger partial charge in [-0.15, -0.1) is 34.0 Å². The van der Waals surface area contributed by atoms with Gasteiger partial charge in [0.2, 0.25) is 17.2 Å². The zero-order valence-corrected chi connectivity index (χ0v) is 49.9. The zero-order valence-electron chi connectivity index (χ0n) is 46.7. The van der Waals surface area contributed by atoms with E-state index in [0.717, 1.165) is 32.1 Å². The van der Waals surface area contributed by atoms with Gasteiger partial charge in [0.25, 0.3) is 5.91 Å². The summed E-state index contributed by atoms with van der Waals surface area (Å²) in [6.07, 6.45) is 5.71. The lowest BCUT2D eigenvalue weighted by atomic mass is 9.83. The van der Waals surface area contributed by atoms with Crippen LogP contribution in [0.3, 0.4) is 0 Å². The summed E-state index contributed by atoms with van der Waals surface area (Å²) in [4.78, 5) is 103. The molecule has 0 radical (unpaired) electrons. The number of hydrogen-bond donors (Lipinski definition) is 3. The minimum atomic E-state index is -0.500. The first-order chi connectivity index (χ1) is 38.6. The number of esters is 2. The van der Waals surface area contributed by atoms with E-state index in [1.807, 2.05) is 117 Å². The van der Waals surface area contributed by atoms with Gasteiger partial charge < -0.3 is 30.7 Å². The second-order valence-electron chi connectivity index (χ2n) is 19.5. The maximum absolute atomic E-state index is 13.3. The van der Waals surface area contributed by atoms with Crippen molar-refractivity contribution in [3.05, 3.63) is 128 Å². The van der Waals surface area contributed by atoms with Crippen LogP contribution in [-0.4, -0.2) is 115 Å². The van der Waals surface area contributed by atoms with Gasteiger partial charge in [-0.25, -0.2) is 39.5 Å². The fourth-order valence-electron chi connectivity index (χ4n) is 7.73. The zero-order chi connectivity index (χ0) is 58.5. The number of rotatable bonds is 14. The lowest BCUT2D eigenvalue weighted by Crippen LogP contribution is -2.51. The van der Waals surface area contributed by atoms with E-state index in [1.54, 1.807) is 37.3 Å². The van der Waals surface area contributed by atoms with Crippen LogP contribution >= 0.6 is 45.6 Å². The van der Waals surface area contributed by atoms with Gasteiger partial charge in [-0.2, -0.15) is 15.0 Å². The van der Waals surface area contributed by atoms with Crippen molar-refractivity contribution < 1.29 is 28.7 Å². The molecule has 0 aliphatic carbocycles. The molecule has 1 aliphatic rings. The number of halogens is 1. The van der Waals surface area contributed by atoms with Crippen LogP contribution in [0.5, 0.6) is 0 Å². The van der Waals surface area contributed by atoms with E-state index < -0.39 is 11.9 Å². The van der Waals surface area contributed by atoms with Crippen LogP contribution in [0.15, 0.2) is 73.2 Å². The number of Topliss-reactive ketones (excluding diaryl/α,β-unsaturated/α-hetero) is 1. The first-order valence-electron chi connectivity index (χ1n) is 25.9. The van der Waals surface area contributed by atoms with Crippen LogP contribution < -0.4 is 16.4 Å². The Hall–Kier alpha value is -7.71. The molecule has 3 atom stereocenters.